The summed E-state index contributed by atoms with van der Waals surface area (Å²) in [7, 11) is 0. The number of alkyl carbamates (subject to hydrolysis) is 1. The van der Waals surface area contributed by atoms with Crippen molar-refractivity contribution in [3.05, 3.63) is 45.5 Å². The summed E-state index contributed by atoms with van der Waals surface area (Å²) in [5.41, 5.74) is -1.26. The largest absolute Gasteiger partial charge is 0.456 e. The Bertz CT molecular complexity index is 756. The topological polar surface area (TPSA) is 90.9 Å². The molecule has 2 rings (SSSR count). The molecule has 1 unspecified atom stereocenters. The lowest BCUT2D eigenvalue weighted by Gasteiger charge is -2.24. The molecule has 9 heteroatoms. The van der Waals surface area contributed by atoms with E-state index in [0.29, 0.717) is 15.6 Å². The van der Waals surface area contributed by atoms with Crippen LogP contribution in [0.2, 0.25) is 10.0 Å². The van der Waals surface area contributed by atoms with Crippen LogP contribution in [-0.2, 0) is 29.4 Å². The van der Waals surface area contributed by atoms with Crippen LogP contribution >= 0.6 is 23.2 Å². The molecule has 0 radical (unpaired) electrons. The van der Waals surface area contributed by atoms with Crippen molar-refractivity contribution < 1.29 is 28.6 Å². The summed E-state index contributed by atoms with van der Waals surface area (Å²) >= 11 is 12.0. The normalized spacial score (nSPS) is 19.5. The summed E-state index contributed by atoms with van der Waals surface area (Å²) in [6.07, 6.45) is -0.858. The molecule has 1 aliphatic heterocycles. The minimum Gasteiger partial charge on any atom is -0.456 e. The molecule has 134 valence electrons. The van der Waals surface area contributed by atoms with Crippen LogP contribution in [0, 0.1) is 0 Å². The third kappa shape index (κ3) is 4.05. The van der Waals surface area contributed by atoms with E-state index in [2.05, 4.69) is 5.32 Å². The van der Waals surface area contributed by atoms with E-state index in [-0.39, 0.29) is 12.5 Å². The van der Waals surface area contributed by atoms with E-state index in [0.717, 1.165) is 6.92 Å². The first-order valence-electron chi connectivity index (χ1n) is 7.24. The van der Waals surface area contributed by atoms with Crippen LogP contribution in [0.4, 0.5) is 4.79 Å². The van der Waals surface area contributed by atoms with Crippen LogP contribution < -0.4 is 5.32 Å². The molecule has 0 saturated carbocycles. The number of halogens is 2. The molecule has 0 spiro atoms. The number of ether oxygens (including phenoxy) is 3. The van der Waals surface area contributed by atoms with Crippen molar-refractivity contribution in [3.63, 3.8) is 0 Å². The van der Waals surface area contributed by atoms with E-state index >= 15 is 0 Å². The van der Waals surface area contributed by atoms with Gasteiger partial charge in [0.05, 0.1) is 6.61 Å². The molecule has 1 N–H and O–H groups in total. The highest BCUT2D eigenvalue weighted by molar-refractivity contribution is 6.34. The Labute approximate surface area is 153 Å². The van der Waals surface area contributed by atoms with Crippen LogP contribution in [0.1, 0.15) is 26.3 Å². The fourth-order valence-corrected chi connectivity index (χ4v) is 2.74. The number of amides is 1. The van der Waals surface area contributed by atoms with Crippen molar-refractivity contribution in [2.24, 2.45) is 0 Å². The number of carbonyl (C=O) groups excluding carboxylic acids is 3. The monoisotopic (exact) mass is 387 g/mol. The SMILES string of the molecule is CCOC(=O)NC1=C(OC(C)=O)C(=O)C(C)(c2cc(Cl)cc(Cl)c2)O1. The van der Waals surface area contributed by atoms with Gasteiger partial charge in [0.2, 0.25) is 11.6 Å². The van der Waals surface area contributed by atoms with Gasteiger partial charge < -0.3 is 14.2 Å². The number of nitrogens with one attached hydrogen (secondary N) is 1. The van der Waals surface area contributed by atoms with Gasteiger partial charge in [-0.1, -0.05) is 23.2 Å². The molecular formula is C16H15Cl2NO6. The lowest BCUT2D eigenvalue weighted by Crippen LogP contribution is -2.32. The van der Waals surface area contributed by atoms with E-state index in [1.807, 2.05) is 0 Å². The number of benzene rings is 1. The van der Waals surface area contributed by atoms with E-state index in [1.165, 1.54) is 25.1 Å². The Morgan fingerprint density at radius 3 is 2.36 bits per heavy atom. The zero-order valence-corrected chi connectivity index (χ0v) is 15.2. The van der Waals surface area contributed by atoms with Crippen LogP contribution in [0.15, 0.2) is 29.8 Å². The van der Waals surface area contributed by atoms with Crippen molar-refractivity contribution in [2.75, 3.05) is 6.61 Å². The van der Waals surface area contributed by atoms with Gasteiger partial charge in [0.1, 0.15) is 0 Å². The number of esters is 1. The van der Waals surface area contributed by atoms with Gasteiger partial charge in [-0.3, -0.25) is 14.9 Å². The zero-order chi connectivity index (χ0) is 18.8. The molecule has 25 heavy (non-hydrogen) atoms. The predicted octanol–water partition coefficient (Wildman–Crippen LogP) is 3.29. The van der Waals surface area contributed by atoms with Crippen molar-refractivity contribution in [1.29, 1.82) is 0 Å². The van der Waals surface area contributed by atoms with E-state index in [1.54, 1.807) is 6.92 Å². The number of hydrogen-bond donors (Lipinski definition) is 1. The molecule has 0 bridgehead atoms. The molecule has 1 aliphatic rings. The van der Waals surface area contributed by atoms with Gasteiger partial charge in [-0.05, 0) is 32.0 Å². The van der Waals surface area contributed by atoms with Gasteiger partial charge in [-0.15, -0.1) is 0 Å². The molecule has 1 aromatic carbocycles. The maximum atomic E-state index is 12.8. The van der Waals surface area contributed by atoms with Crippen molar-refractivity contribution in [2.45, 2.75) is 26.4 Å². The van der Waals surface area contributed by atoms with E-state index in [9.17, 15) is 14.4 Å². The Morgan fingerprint density at radius 1 is 1.24 bits per heavy atom. The first-order chi connectivity index (χ1) is 11.7. The number of rotatable bonds is 4. The quantitative estimate of drug-likeness (QED) is 0.797. The molecule has 1 aromatic rings. The number of carbonyl (C=O) groups is 3. The van der Waals surface area contributed by atoms with Crippen molar-refractivity contribution in [3.8, 4) is 0 Å². The maximum Gasteiger partial charge on any atom is 0.414 e. The zero-order valence-electron chi connectivity index (χ0n) is 13.6. The van der Waals surface area contributed by atoms with Gasteiger partial charge in [0.15, 0.2) is 5.60 Å². The molecule has 0 fully saturated rings. The summed E-state index contributed by atoms with van der Waals surface area (Å²) in [6, 6.07) is 4.47. The fourth-order valence-electron chi connectivity index (χ4n) is 2.21. The predicted molar refractivity (Wildman–Crippen MR) is 88.9 cm³/mol. The first kappa shape index (κ1) is 19.1. The van der Waals surface area contributed by atoms with Gasteiger partial charge in [-0.25, -0.2) is 4.79 Å². The Kier molecular flexibility index (Phi) is 5.59. The highest BCUT2D eigenvalue weighted by Crippen LogP contribution is 2.40. The van der Waals surface area contributed by atoms with E-state index in [4.69, 9.17) is 37.4 Å². The Hall–Kier alpha value is -2.25. The van der Waals surface area contributed by atoms with Gasteiger partial charge in [0.25, 0.3) is 5.78 Å². The molecule has 1 atom stereocenters. The third-order valence-electron chi connectivity index (χ3n) is 3.30. The fraction of sp³-hybridized carbons (Fsp3) is 0.312. The summed E-state index contributed by atoms with van der Waals surface area (Å²) in [5.74, 6) is -2.17. The summed E-state index contributed by atoms with van der Waals surface area (Å²) in [4.78, 5) is 35.8. The number of ketones is 1. The van der Waals surface area contributed by atoms with Crippen molar-refractivity contribution in [1.82, 2.24) is 5.32 Å². The molecular weight excluding hydrogens is 373 g/mol. The molecule has 7 nitrogen and oxygen atoms in total. The molecule has 0 aromatic heterocycles. The minimum absolute atomic E-state index is 0.108. The van der Waals surface area contributed by atoms with Gasteiger partial charge in [-0.2, -0.15) is 0 Å². The van der Waals surface area contributed by atoms with E-state index < -0.39 is 29.2 Å². The lowest BCUT2D eigenvalue weighted by molar-refractivity contribution is -0.142. The standard InChI is InChI=1S/C16H15Cl2NO6/c1-4-23-15(22)19-14-12(24-8(2)20)13(21)16(3,25-14)9-5-10(17)7-11(18)6-9/h5-7H,4H2,1-3H3,(H,19,22). The van der Waals surface area contributed by atoms with Crippen LogP contribution in [-0.4, -0.2) is 24.5 Å². The second-order valence-electron chi connectivity index (χ2n) is 5.22. The van der Waals surface area contributed by atoms with Crippen molar-refractivity contribution >= 4 is 41.0 Å². The summed E-state index contributed by atoms with van der Waals surface area (Å²) < 4.78 is 15.3. The maximum absolute atomic E-state index is 12.8. The highest BCUT2D eigenvalue weighted by Gasteiger charge is 2.50. The minimum atomic E-state index is -1.59. The first-order valence-corrected chi connectivity index (χ1v) is 7.99. The third-order valence-corrected chi connectivity index (χ3v) is 3.74. The van der Waals surface area contributed by atoms with Gasteiger partial charge in [0, 0.05) is 22.5 Å². The Balaban J connectivity index is 2.43. The summed E-state index contributed by atoms with van der Waals surface area (Å²) in [6.45, 7) is 4.28. The number of hydrogen-bond acceptors (Lipinski definition) is 6. The summed E-state index contributed by atoms with van der Waals surface area (Å²) in [5, 5.41) is 2.84. The van der Waals surface area contributed by atoms with Crippen LogP contribution in [0.25, 0.3) is 0 Å². The van der Waals surface area contributed by atoms with Gasteiger partial charge >= 0.3 is 12.1 Å². The molecule has 1 amide bonds. The Morgan fingerprint density at radius 2 is 1.84 bits per heavy atom. The lowest BCUT2D eigenvalue weighted by atomic mass is 9.91. The second kappa shape index (κ2) is 7.33. The second-order valence-corrected chi connectivity index (χ2v) is 6.09. The van der Waals surface area contributed by atoms with Crippen LogP contribution in [0.3, 0.4) is 0 Å². The smallest absolute Gasteiger partial charge is 0.414 e. The van der Waals surface area contributed by atoms with Crippen LogP contribution in [0.5, 0.6) is 0 Å². The average molecular weight is 388 g/mol. The molecule has 0 aliphatic carbocycles. The number of Topliss-reactive ketones (excluding diaryl/α,β-unsaturated/α-hetero) is 1. The highest BCUT2D eigenvalue weighted by atomic mass is 35.5. The molecule has 1 heterocycles. The molecule has 0 saturated heterocycles. The average Bonchev–Trinajstić information content (AvgIpc) is 2.72.